The maximum Gasteiger partial charge on any atom is 0.251 e. The van der Waals surface area contributed by atoms with E-state index in [4.69, 9.17) is 14.2 Å². The van der Waals surface area contributed by atoms with E-state index in [9.17, 15) is 40.2 Å². The monoisotopic (exact) mass is 486 g/mol. The van der Waals surface area contributed by atoms with Gasteiger partial charge in [-0.2, -0.15) is 0 Å². The molecular formula is C21H30N2O11. The molecule has 2 fully saturated rings. The van der Waals surface area contributed by atoms with Gasteiger partial charge in [-0.05, 0) is 12.1 Å². The SMILES string of the molecule is CC(=O)N[C@H]1[C@@H](O)[C@H](O[C@@H]2O[C@H](CO)[C@H](O)[C@@H](NC(=O)c3ccccc3)[C@H]2O)[C@@H](CO)O[C@@H]1O. The molecule has 0 aliphatic carbocycles. The second kappa shape index (κ2) is 11.5. The maximum atomic E-state index is 12.6. The number of ether oxygens (including phenoxy) is 3. The molecule has 190 valence electrons. The van der Waals surface area contributed by atoms with Crippen LogP contribution in [0.15, 0.2) is 30.3 Å². The fraction of sp³-hybridized carbons (Fsp3) is 0.619. The van der Waals surface area contributed by atoms with Crippen LogP contribution in [0.2, 0.25) is 0 Å². The highest BCUT2D eigenvalue weighted by Crippen LogP contribution is 2.29. The molecule has 8 N–H and O–H groups in total. The minimum Gasteiger partial charge on any atom is -0.394 e. The van der Waals surface area contributed by atoms with E-state index in [0.717, 1.165) is 6.92 Å². The quantitative estimate of drug-likeness (QED) is 0.187. The van der Waals surface area contributed by atoms with Crippen LogP contribution in [0.1, 0.15) is 17.3 Å². The third-order valence-electron chi connectivity index (χ3n) is 5.75. The highest BCUT2D eigenvalue weighted by Gasteiger charge is 2.51. The van der Waals surface area contributed by atoms with E-state index >= 15 is 0 Å². The molecule has 0 saturated carbocycles. The molecule has 13 nitrogen and oxygen atoms in total. The van der Waals surface area contributed by atoms with Crippen molar-refractivity contribution in [1.29, 1.82) is 0 Å². The van der Waals surface area contributed by atoms with Crippen molar-refractivity contribution in [3.63, 3.8) is 0 Å². The molecule has 10 atom stereocenters. The van der Waals surface area contributed by atoms with Gasteiger partial charge in [-0.15, -0.1) is 0 Å². The van der Waals surface area contributed by atoms with Gasteiger partial charge in [0.15, 0.2) is 12.6 Å². The summed E-state index contributed by atoms with van der Waals surface area (Å²) in [6.07, 6.45) is -12.0. The molecule has 2 amide bonds. The molecule has 0 spiro atoms. The van der Waals surface area contributed by atoms with Gasteiger partial charge >= 0.3 is 0 Å². The zero-order valence-corrected chi connectivity index (χ0v) is 18.3. The third kappa shape index (κ3) is 5.71. The second-order valence-corrected chi connectivity index (χ2v) is 8.14. The van der Waals surface area contributed by atoms with Gasteiger partial charge in [0.05, 0.1) is 19.3 Å². The van der Waals surface area contributed by atoms with Gasteiger partial charge < -0.3 is 55.5 Å². The van der Waals surface area contributed by atoms with Gasteiger partial charge in [0.1, 0.15) is 42.7 Å². The van der Waals surface area contributed by atoms with Crippen LogP contribution in [0.3, 0.4) is 0 Å². The first-order valence-corrected chi connectivity index (χ1v) is 10.7. The Labute approximate surface area is 194 Å². The number of carbonyl (C=O) groups is 2. The van der Waals surface area contributed by atoms with Gasteiger partial charge in [-0.1, -0.05) is 18.2 Å². The molecule has 2 aliphatic heterocycles. The minimum absolute atomic E-state index is 0.259. The highest BCUT2D eigenvalue weighted by atomic mass is 16.7. The minimum atomic E-state index is -1.68. The van der Waals surface area contributed by atoms with Crippen molar-refractivity contribution in [3.05, 3.63) is 35.9 Å². The van der Waals surface area contributed by atoms with Crippen LogP contribution in [-0.4, -0.2) is 117 Å². The molecule has 13 heteroatoms. The van der Waals surface area contributed by atoms with Crippen LogP contribution in [0, 0.1) is 0 Å². The lowest BCUT2D eigenvalue weighted by molar-refractivity contribution is -0.334. The number of benzene rings is 1. The number of amides is 2. The average molecular weight is 486 g/mol. The molecule has 0 radical (unpaired) electrons. The summed E-state index contributed by atoms with van der Waals surface area (Å²) in [5.74, 6) is -1.18. The molecule has 3 rings (SSSR count). The summed E-state index contributed by atoms with van der Waals surface area (Å²) in [6.45, 7) is -0.227. The number of hydrogen-bond acceptors (Lipinski definition) is 11. The first-order chi connectivity index (χ1) is 16.2. The fourth-order valence-corrected chi connectivity index (χ4v) is 3.99. The van der Waals surface area contributed by atoms with Crippen LogP contribution in [0.4, 0.5) is 0 Å². The maximum absolute atomic E-state index is 12.6. The summed E-state index contributed by atoms with van der Waals surface area (Å²) in [7, 11) is 0. The van der Waals surface area contributed by atoms with Crippen molar-refractivity contribution in [2.24, 2.45) is 0 Å². The Bertz CT molecular complexity index is 828. The van der Waals surface area contributed by atoms with Crippen molar-refractivity contribution >= 4 is 11.8 Å². The van der Waals surface area contributed by atoms with E-state index in [-0.39, 0.29) is 5.56 Å². The highest BCUT2D eigenvalue weighted by molar-refractivity contribution is 5.94. The normalized spacial score (nSPS) is 38.2. The zero-order chi connectivity index (χ0) is 25.0. The summed E-state index contributed by atoms with van der Waals surface area (Å²) in [4.78, 5) is 24.0. The molecule has 1 aromatic carbocycles. The topological polar surface area (TPSA) is 207 Å². The fourth-order valence-electron chi connectivity index (χ4n) is 3.99. The lowest BCUT2D eigenvalue weighted by atomic mass is 9.94. The standard InChI is InChI=1S/C21H30N2O11/c1-9(26)22-14-16(28)18(12(8-25)32-20(14)31)34-21-17(29)13(15(27)11(7-24)33-21)23-19(30)10-5-3-2-4-6-10/h2-6,11-18,20-21,24-25,27-29,31H,7-8H2,1H3,(H,22,26)(H,23,30)/t11-,12-,13-,14+,15+,16-,17-,18-,20+,21+/m1/s1. The van der Waals surface area contributed by atoms with Gasteiger partial charge in [-0.25, -0.2) is 0 Å². The van der Waals surface area contributed by atoms with E-state index in [2.05, 4.69) is 10.6 Å². The number of carbonyl (C=O) groups excluding carboxylic acids is 2. The lowest BCUT2D eigenvalue weighted by Crippen LogP contribution is -2.68. The molecule has 0 bridgehead atoms. The molecule has 2 aliphatic rings. The van der Waals surface area contributed by atoms with E-state index in [1.165, 1.54) is 12.1 Å². The van der Waals surface area contributed by atoms with Crippen LogP contribution in [0.25, 0.3) is 0 Å². The molecule has 2 saturated heterocycles. The van der Waals surface area contributed by atoms with E-state index in [1.54, 1.807) is 18.2 Å². The largest absolute Gasteiger partial charge is 0.394 e. The zero-order valence-electron chi connectivity index (χ0n) is 18.3. The lowest BCUT2D eigenvalue weighted by Gasteiger charge is -2.47. The molecule has 2 heterocycles. The van der Waals surface area contributed by atoms with E-state index in [0.29, 0.717) is 0 Å². The van der Waals surface area contributed by atoms with Crippen LogP contribution >= 0.6 is 0 Å². The Morgan fingerprint density at radius 1 is 0.882 bits per heavy atom. The van der Waals surface area contributed by atoms with Gasteiger partial charge in [-0.3, -0.25) is 9.59 Å². The Morgan fingerprint density at radius 3 is 2.12 bits per heavy atom. The average Bonchev–Trinajstić information content (AvgIpc) is 2.82. The van der Waals surface area contributed by atoms with E-state index in [1.807, 2.05) is 0 Å². The van der Waals surface area contributed by atoms with Gasteiger partial charge in [0.25, 0.3) is 5.91 Å². The van der Waals surface area contributed by atoms with Crippen molar-refractivity contribution in [1.82, 2.24) is 10.6 Å². The van der Waals surface area contributed by atoms with Gasteiger partial charge in [0, 0.05) is 12.5 Å². The molecule has 1 aromatic rings. The number of nitrogens with one attached hydrogen (secondary N) is 2. The second-order valence-electron chi connectivity index (χ2n) is 8.14. The Morgan fingerprint density at radius 2 is 1.53 bits per heavy atom. The predicted molar refractivity (Wildman–Crippen MR) is 112 cm³/mol. The Kier molecular flexibility index (Phi) is 8.92. The third-order valence-corrected chi connectivity index (χ3v) is 5.75. The summed E-state index contributed by atoms with van der Waals surface area (Å²) >= 11 is 0. The van der Waals surface area contributed by atoms with Crippen molar-refractivity contribution in [2.75, 3.05) is 13.2 Å². The van der Waals surface area contributed by atoms with Crippen LogP contribution < -0.4 is 10.6 Å². The smallest absolute Gasteiger partial charge is 0.251 e. The number of hydrogen-bond donors (Lipinski definition) is 8. The van der Waals surface area contributed by atoms with Crippen molar-refractivity contribution in [2.45, 2.75) is 68.2 Å². The molecule has 0 unspecified atom stereocenters. The number of rotatable bonds is 7. The number of aliphatic hydroxyl groups excluding tert-OH is 6. The van der Waals surface area contributed by atoms with E-state index < -0.39 is 86.3 Å². The Balaban J connectivity index is 1.80. The van der Waals surface area contributed by atoms with Crippen molar-refractivity contribution < 1.29 is 54.4 Å². The Hall–Kier alpha value is -2.20. The number of aliphatic hydroxyl groups is 6. The van der Waals surface area contributed by atoms with Crippen LogP contribution in [-0.2, 0) is 19.0 Å². The summed E-state index contributed by atoms with van der Waals surface area (Å²) in [5.41, 5.74) is 0.259. The molecule has 0 aromatic heterocycles. The first-order valence-electron chi connectivity index (χ1n) is 10.7. The van der Waals surface area contributed by atoms with Gasteiger partial charge in [0.2, 0.25) is 5.91 Å². The first kappa shape index (κ1) is 26.4. The summed E-state index contributed by atoms with van der Waals surface area (Å²) in [6, 6.07) is 5.37. The molecule has 34 heavy (non-hydrogen) atoms. The predicted octanol–water partition coefficient (Wildman–Crippen LogP) is -3.82. The van der Waals surface area contributed by atoms with Crippen molar-refractivity contribution in [3.8, 4) is 0 Å². The summed E-state index contributed by atoms with van der Waals surface area (Å²) < 4.78 is 16.4. The molecular weight excluding hydrogens is 456 g/mol. The summed E-state index contributed by atoms with van der Waals surface area (Å²) in [5, 5.41) is 66.2. The van der Waals surface area contributed by atoms with Crippen LogP contribution in [0.5, 0.6) is 0 Å².